The van der Waals surface area contributed by atoms with Crippen LogP contribution in [0.25, 0.3) is 33.4 Å². The summed E-state index contributed by atoms with van der Waals surface area (Å²) < 4.78 is 28.3. The molecule has 57 heavy (non-hydrogen) atoms. The Hall–Kier alpha value is -5.89. The highest BCUT2D eigenvalue weighted by Gasteiger charge is 2.23. The number of unbranched alkanes of at least 4 members (excludes halogenated alkanes) is 2. The topological polar surface area (TPSA) is 202 Å². The summed E-state index contributed by atoms with van der Waals surface area (Å²) in [5.41, 5.74) is 8.13. The summed E-state index contributed by atoms with van der Waals surface area (Å²) in [6, 6.07) is 18.1. The van der Waals surface area contributed by atoms with E-state index >= 15 is 0 Å². The van der Waals surface area contributed by atoms with E-state index in [4.69, 9.17) is 29.1 Å². The van der Waals surface area contributed by atoms with Crippen LogP contribution >= 0.6 is 0 Å². The molecule has 1 aliphatic carbocycles. The van der Waals surface area contributed by atoms with Crippen LogP contribution in [0.2, 0.25) is 0 Å². The van der Waals surface area contributed by atoms with Gasteiger partial charge in [0.2, 0.25) is 0 Å². The number of rotatable bonds is 25. The Morgan fingerprint density at radius 2 is 1.40 bits per heavy atom. The number of benzene rings is 4. The number of phenolic OH excluding ortho intramolecular Hbond substituents is 1. The first-order chi connectivity index (χ1) is 27.6. The highest BCUT2D eigenvalue weighted by molar-refractivity contribution is 6.09. The molecule has 300 valence electrons. The van der Waals surface area contributed by atoms with E-state index in [0.29, 0.717) is 129 Å². The van der Waals surface area contributed by atoms with Crippen LogP contribution < -0.4 is 15.9 Å². The Bertz CT molecular complexity index is 2190. The maximum Gasteiger partial charge on any atom is 0.336 e. The molecule has 0 aromatic heterocycles. The normalized spacial score (nSPS) is 11.2. The van der Waals surface area contributed by atoms with Gasteiger partial charge in [-0.15, -0.1) is 0 Å². The van der Waals surface area contributed by atoms with Crippen LogP contribution in [0.3, 0.4) is 0 Å². The van der Waals surface area contributed by atoms with Crippen LogP contribution in [0.4, 0.5) is 5.69 Å². The predicted octanol–water partition coefficient (Wildman–Crippen LogP) is 7.36. The molecular formula is C44H47NO12. The van der Waals surface area contributed by atoms with Gasteiger partial charge in [0.15, 0.2) is 17.5 Å². The first kappa shape index (κ1) is 42.3. The molecule has 0 bridgehead atoms. The number of ketones is 2. The number of hydrogen-bond acceptors (Lipinski definition) is 12. The van der Waals surface area contributed by atoms with E-state index in [1.807, 2.05) is 0 Å². The summed E-state index contributed by atoms with van der Waals surface area (Å²) in [4.78, 5) is 60.7. The third-order valence-corrected chi connectivity index (χ3v) is 9.25. The number of carbonyl (C=O) groups is 4. The molecular weight excluding hydrogens is 734 g/mol. The van der Waals surface area contributed by atoms with Gasteiger partial charge in [-0.2, -0.15) is 0 Å². The van der Waals surface area contributed by atoms with Crippen molar-refractivity contribution in [1.29, 1.82) is 0 Å². The van der Waals surface area contributed by atoms with E-state index < -0.39 is 5.97 Å². The molecule has 1 heterocycles. The summed E-state index contributed by atoms with van der Waals surface area (Å²) in [7, 11) is 0. The van der Waals surface area contributed by atoms with Gasteiger partial charge in [0.25, 0.3) is 0 Å². The van der Waals surface area contributed by atoms with Crippen LogP contribution in [-0.2, 0) is 19.0 Å². The lowest BCUT2D eigenvalue weighted by molar-refractivity contribution is -0.119. The number of aromatic carboxylic acids is 1. The molecule has 3 aromatic rings. The van der Waals surface area contributed by atoms with Crippen molar-refractivity contribution >= 4 is 40.5 Å². The number of phenols is 1. The third-order valence-electron chi connectivity index (χ3n) is 9.25. The van der Waals surface area contributed by atoms with Crippen molar-refractivity contribution in [1.82, 2.24) is 0 Å². The smallest absolute Gasteiger partial charge is 0.336 e. The Morgan fingerprint density at radius 1 is 0.702 bits per heavy atom. The van der Waals surface area contributed by atoms with Crippen LogP contribution in [0.15, 0.2) is 82.0 Å². The highest BCUT2D eigenvalue weighted by Crippen LogP contribution is 2.42. The number of hydrogen-bond donors (Lipinski definition) is 3. The Kier molecular flexibility index (Phi) is 15.9. The first-order valence-corrected chi connectivity index (χ1v) is 19.0. The van der Waals surface area contributed by atoms with E-state index in [9.17, 15) is 34.2 Å². The summed E-state index contributed by atoms with van der Waals surface area (Å²) in [5, 5.41) is 20.7. The molecule has 0 atom stereocenters. The number of Topliss-reactive ketones (excluding diaryl/α,β-unsaturated/α-hetero) is 2. The standard InChI is InChI=1S/C44H47NO12/c45-39-27-34(13-9-30(39)28-46)56-19-5-7-31(47)6-1-3-17-53-20-22-55-23-21-54-18-4-2-8-40(50)29-10-14-35(44(51)52)38(24-29)43-36-15-11-32(48)25-41(36)57-42-26-33(49)12-16-37(42)43/h9-16,24-28,48H,1-8,17-23,45H2,(H,51,52). The van der Waals surface area contributed by atoms with Gasteiger partial charge in [-0.3, -0.25) is 19.2 Å². The van der Waals surface area contributed by atoms with E-state index in [0.717, 1.165) is 12.8 Å². The van der Waals surface area contributed by atoms with Crippen molar-refractivity contribution < 1.29 is 52.8 Å². The zero-order valence-electron chi connectivity index (χ0n) is 31.7. The number of ether oxygens (including phenoxy) is 4. The lowest BCUT2D eigenvalue weighted by Gasteiger charge is -2.17. The monoisotopic (exact) mass is 781 g/mol. The van der Waals surface area contributed by atoms with E-state index in [1.165, 1.54) is 36.4 Å². The Labute approximate surface area is 329 Å². The number of nitrogen functional groups attached to an aromatic ring is 1. The average molecular weight is 782 g/mol. The molecule has 3 aromatic carbocycles. The number of carboxylic acid groups (broad SMARTS) is 1. The molecule has 0 saturated carbocycles. The minimum absolute atomic E-state index is 0.0192. The minimum Gasteiger partial charge on any atom is -0.508 e. The Balaban J connectivity index is 0.933. The van der Waals surface area contributed by atoms with Crippen molar-refractivity contribution in [3.05, 3.63) is 99.7 Å². The predicted molar refractivity (Wildman–Crippen MR) is 214 cm³/mol. The van der Waals surface area contributed by atoms with Gasteiger partial charge >= 0.3 is 5.97 Å². The lowest BCUT2D eigenvalue weighted by atomic mass is 9.88. The molecule has 2 aliphatic rings. The second-order valence-corrected chi connectivity index (χ2v) is 13.5. The van der Waals surface area contributed by atoms with Gasteiger partial charge in [0.05, 0.1) is 38.6 Å². The summed E-state index contributed by atoms with van der Waals surface area (Å²) in [5.74, 6) is -0.406. The Morgan fingerprint density at radius 3 is 2.11 bits per heavy atom. The molecule has 1 aliphatic heterocycles. The van der Waals surface area contributed by atoms with Crippen molar-refractivity contribution in [2.24, 2.45) is 0 Å². The van der Waals surface area contributed by atoms with Crippen LogP contribution in [0, 0.1) is 0 Å². The van der Waals surface area contributed by atoms with Crippen molar-refractivity contribution in [3.63, 3.8) is 0 Å². The quantitative estimate of drug-likeness (QED) is 0.0174. The average Bonchev–Trinajstić information content (AvgIpc) is 3.19. The van der Waals surface area contributed by atoms with Gasteiger partial charge in [0, 0.05) is 84.0 Å². The maximum absolute atomic E-state index is 13.2. The summed E-state index contributed by atoms with van der Waals surface area (Å²) in [6.07, 6.45) is 5.20. The van der Waals surface area contributed by atoms with Crippen LogP contribution in [0.1, 0.15) is 82.4 Å². The number of nitrogens with two attached hydrogens (primary N) is 1. The fraction of sp³-hybridized carbons (Fsp3) is 0.341. The third kappa shape index (κ3) is 12.3. The molecule has 4 N–H and O–H groups in total. The fourth-order valence-corrected chi connectivity index (χ4v) is 6.30. The number of aldehydes is 1. The van der Waals surface area contributed by atoms with Gasteiger partial charge < -0.3 is 39.3 Å². The minimum atomic E-state index is -1.18. The number of fused-ring (bicyclic) bond motifs is 2. The number of carbonyl (C=O) groups excluding carboxylic acids is 3. The molecule has 0 amide bonds. The lowest BCUT2D eigenvalue weighted by Crippen LogP contribution is -2.10. The van der Waals surface area contributed by atoms with Gasteiger partial charge in [-0.25, -0.2) is 4.79 Å². The van der Waals surface area contributed by atoms with Crippen molar-refractivity contribution in [2.45, 2.75) is 51.4 Å². The summed E-state index contributed by atoms with van der Waals surface area (Å²) >= 11 is 0. The molecule has 0 spiro atoms. The number of aromatic hydroxyl groups is 1. The maximum atomic E-state index is 13.2. The van der Waals surface area contributed by atoms with Crippen molar-refractivity contribution in [3.8, 4) is 33.9 Å². The highest BCUT2D eigenvalue weighted by atomic mass is 16.5. The zero-order chi connectivity index (χ0) is 40.6. The molecule has 0 unspecified atom stereocenters. The fourth-order valence-electron chi connectivity index (χ4n) is 6.30. The zero-order valence-corrected chi connectivity index (χ0v) is 31.7. The van der Waals surface area contributed by atoms with Gasteiger partial charge in [0.1, 0.15) is 28.6 Å². The van der Waals surface area contributed by atoms with Gasteiger partial charge in [-0.1, -0.05) is 6.07 Å². The summed E-state index contributed by atoms with van der Waals surface area (Å²) in [6.45, 7) is 3.06. The van der Waals surface area contributed by atoms with E-state index in [-0.39, 0.29) is 46.1 Å². The molecule has 0 radical (unpaired) electrons. The molecule has 0 saturated heterocycles. The van der Waals surface area contributed by atoms with Crippen molar-refractivity contribution in [2.75, 3.05) is 52.0 Å². The molecule has 0 fully saturated rings. The van der Waals surface area contributed by atoms with E-state index in [1.54, 1.807) is 36.4 Å². The number of carboxylic acids is 1. The number of anilines is 1. The SMILES string of the molecule is Nc1cc(OCCCC(=O)CCCCOCCOCCOCCCCC(=O)c2ccc(C(=O)O)c(-c3c4ccc(=O)cc-4oc4cc(O)ccc34)c2)ccc1C=O. The van der Waals surface area contributed by atoms with Crippen LogP contribution in [0.5, 0.6) is 11.5 Å². The molecule has 13 heteroatoms. The second kappa shape index (κ2) is 21.4. The second-order valence-electron chi connectivity index (χ2n) is 13.5. The van der Waals surface area contributed by atoms with Crippen LogP contribution in [-0.4, -0.2) is 80.3 Å². The van der Waals surface area contributed by atoms with Gasteiger partial charge in [-0.05, 0) is 86.2 Å². The van der Waals surface area contributed by atoms with E-state index in [2.05, 4.69) is 0 Å². The molecule has 5 rings (SSSR count). The molecule has 13 nitrogen and oxygen atoms in total. The largest absolute Gasteiger partial charge is 0.508 e. The first-order valence-electron chi connectivity index (χ1n) is 19.0.